The van der Waals surface area contributed by atoms with Crippen molar-refractivity contribution >= 4 is 16.7 Å². The van der Waals surface area contributed by atoms with Crippen LogP contribution in [0.4, 0.5) is 0 Å². The lowest BCUT2D eigenvalue weighted by Gasteiger charge is -2.67. The van der Waals surface area contributed by atoms with E-state index in [1.807, 2.05) is 0 Å². The van der Waals surface area contributed by atoms with Crippen LogP contribution in [0.5, 0.6) is 0 Å². The summed E-state index contributed by atoms with van der Waals surface area (Å²) in [6.07, 6.45) is 0. The van der Waals surface area contributed by atoms with Crippen molar-refractivity contribution in [1.82, 2.24) is 28.7 Å². The normalized spacial score (nSPS) is 31.5. The predicted octanol–water partition coefficient (Wildman–Crippen LogP) is 3.14. The molecule has 0 radical (unpaired) electrons. The molecule has 2 bridgehead atoms. The summed E-state index contributed by atoms with van der Waals surface area (Å²) >= 11 is 0. The maximum Gasteiger partial charge on any atom is 0.164 e. The van der Waals surface area contributed by atoms with Gasteiger partial charge >= 0.3 is 0 Å². The van der Waals surface area contributed by atoms with Gasteiger partial charge in [-0.1, -0.05) is 41.5 Å². The smallest absolute Gasteiger partial charge is 0.164 e. The largest absolute Gasteiger partial charge is 0.185 e. The van der Waals surface area contributed by atoms with Gasteiger partial charge in [0.05, 0.1) is 0 Å². The van der Waals surface area contributed by atoms with Crippen molar-refractivity contribution in [3.05, 3.63) is 0 Å². The van der Waals surface area contributed by atoms with E-state index in [0.717, 1.165) is 39.3 Å². The molecule has 118 valence electrons. The Balaban J connectivity index is 2.43. The average Bonchev–Trinajstić information content (AvgIpc) is 2.51. The maximum atomic E-state index is 2.62. The average molecular weight is 320 g/mol. The minimum absolute atomic E-state index is 0.436. The lowest BCUT2D eigenvalue weighted by molar-refractivity contribution is -0.0140. The van der Waals surface area contributed by atoms with E-state index >= 15 is 0 Å². The Bertz CT molecular complexity index is 243. The zero-order valence-corrected chi connectivity index (χ0v) is 15.6. The molecule has 3 saturated heterocycles. The van der Waals surface area contributed by atoms with Crippen molar-refractivity contribution in [2.24, 2.45) is 0 Å². The van der Waals surface area contributed by atoms with Gasteiger partial charge in [0.1, 0.15) is 0 Å². The fraction of sp³-hybridized carbons (Fsp3) is 1.00. The third-order valence-electron chi connectivity index (χ3n) is 3.74. The molecule has 3 heterocycles. The molecule has 0 N–H and O–H groups in total. The van der Waals surface area contributed by atoms with E-state index in [9.17, 15) is 0 Å². The second-order valence-corrected chi connectivity index (χ2v) is 8.51. The number of rotatable bonds is 6. The molecule has 0 aromatic heterocycles. The molecule has 0 atom stereocenters. The third kappa shape index (κ3) is 2.45. The van der Waals surface area contributed by atoms with Gasteiger partial charge in [0.15, 0.2) is 16.7 Å². The second-order valence-electron chi connectivity index (χ2n) is 4.67. The number of hydrazine groups is 3. The van der Waals surface area contributed by atoms with Gasteiger partial charge < -0.3 is 0 Å². The Kier molecular flexibility index (Phi) is 6.16. The zero-order chi connectivity index (χ0) is 14.9. The summed E-state index contributed by atoms with van der Waals surface area (Å²) in [5.74, 6) is 0. The van der Waals surface area contributed by atoms with Crippen molar-refractivity contribution in [3.63, 3.8) is 0 Å². The highest BCUT2D eigenvalue weighted by Gasteiger charge is 2.55. The molecule has 3 fully saturated rings. The summed E-state index contributed by atoms with van der Waals surface area (Å²) in [6.45, 7) is 20.3. The molecule has 8 heteroatoms. The molecule has 0 aromatic carbocycles. The van der Waals surface area contributed by atoms with E-state index in [0.29, 0.717) is 0 Å². The Morgan fingerprint density at radius 2 is 0.550 bits per heavy atom. The summed E-state index contributed by atoms with van der Waals surface area (Å²) in [4.78, 5) is 0. The van der Waals surface area contributed by atoms with Crippen molar-refractivity contribution in [1.29, 1.82) is 0 Å². The molecule has 3 aliphatic rings. The Hall–Kier alpha value is 0.620. The van der Waals surface area contributed by atoms with Gasteiger partial charge in [0.25, 0.3) is 0 Å². The summed E-state index contributed by atoms with van der Waals surface area (Å²) < 4.78 is 15.7. The minimum Gasteiger partial charge on any atom is -0.185 e. The van der Waals surface area contributed by atoms with E-state index in [-0.39, 0.29) is 0 Å². The maximum absolute atomic E-state index is 2.62. The molecule has 20 heavy (non-hydrogen) atoms. The molecule has 0 aliphatic carbocycles. The van der Waals surface area contributed by atoms with Crippen LogP contribution >= 0.6 is 16.7 Å². The summed E-state index contributed by atoms with van der Waals surface area (Å²) in [5, 5.41) is 0. The van der Waals surface area contributed by atoms with Gasteiger partial charge in [-0.25, -0.2) is 0 Å². The van der Waals surface area contributed by atoms with Crippen LogP contribution in [0.2, 0.25) is 0 Å². The second kappa shape index (κ2) is 7.26. The Morgan fingerprint density at radius 3 is 0.650 bits per heavy atom. The standard InChI is InChI=1S/C12H30N6P2/c1-7-13-14(8-2)20-17(11-5)15(9-3)19(13)16(10-4)18(20)12-6/h7-12H2,1-6H3. The van der Waals surface area contributed by atoms with Crippen LogP contribution in [-0.2, 0) is 0 Å². The van der Waals surface area contributed by atoms with E-state index in [2.05, 4.69) is 70.2 Å². The van der Waals surface area contributed by atoms with Crippen LogP contribution in [0.15, 0.2) is 0 Å². The molecule has 0 unspecified atom stereocenters. The number of hydrogen-bond donors (Lipinski definition) is 0. The SMILES string of the molecule is CCN1N(CC)P2N(CC)N(CC)P1N(CC)N2CC. The molecule has 3 rings (SSSR count). The fourth-order valence-corrected chi connectivity index (χ4v) is 9.11. The highest BCUT2D eigenvalue weighted by molar-refractivity contribution is 7.59. The third-order valence-corrected chi connectivity index (χ3v) is 9.63. The van der Waals surface area contributed by atoms with Gasteiger partial charge in [-0.05, 0) is 0 Å². The van der Waals surface area contributed by atoms with Crippen LogP contribution < -0.4 is 0 Å². The first kappa shape index (κ1) is 17.0. The van der Waals surface area contributed by atoms with E-state index in [1.165, 1.54) is 0 Å². The van der Waals surface area contributed by atoms with Crippen LogP contribution in [0.25, 0.3) is 0 Å². The summed E-state index contributed by atoms with van der Waals surface area (Å²) in [6, 6.07) is 0. The zero-order valence-electron chi connectivity index (χ0n) is 13.8. The van der Waals surface area contributed by atoms with E-state index < -0.39 is 16.7 Å². The topological polar surface area (TPSA) is 19.4 Å². The molecular weight excluding hydrogens is 290 g/mol. The first-order valence-corrected chi connectivity index (χ1v) is 10.3. The highest BCUT2D eigenvalue weighted by Crippen LogP contribution is 2.71. The highest BCUT2D eigenvalue weighted by atomic mass is 31.2. The van der Waals surface area contributed by atoms with Gasteiger partial charge in [0.2, 0.25) is 0 Å². The van der Waals surface area contributed by atoms with E-state index in [4.69, 9.17) is 0 Å². The molecular formula is C12H30N6P2. The molecule has 6 nitrogen and oxygen atoms in total. The van der Waals surface area contributed by atoms with Gasteiger partial charge in [0, 0.05) is 39.3 Å². The fourth-order valence-electron chi connectivity index (χ4n) is 3.01. The van der Waals surface area contributed by atoms with Crippen molar-refractivity contribution < 1.29 is 0 Å². The number of fused-ring (bicyclic) bond motifs is 3. The first-order chi connectivity index (χ1) is 9.69. The molecule has 3 aliphatic heterocycles. The molecule has 0 saturated carbocycles. The number of nitrogens with zero attached hydrogens (tertiary/aromatic N) is 6. The Labute approximate surface area is 127 Å². The van der Waals surface area contributed by atoms with Crippen molar-refractivity contribution in [2.75, 3.05) is 39.3 Å². The van der Waals surface area contributed by atoms with E-state index in [1.54, 1.807) is 0 Å². The van der Waals surface area contributed by atoms with Gasteiger partial charge in [-0.15, -0.1) is 0 Å². The van der Waals surface area contributed by atoms with Gasteiger partial charge in [-0.3, -0.25) is 0 Å². The lowest BCUT2D eigenvalue weighted by atomic mass is 10.7. The Morgan fingerprint density at radius 1 is 0.400 bits per heavy atom. The van der Waals surface area contributed by atoms with Crippen LogP contribution in [0.3, 0.4) is 0 Å². The molecule has 0 aromatic rings. The molecule has 0 amide bonds. The summed E-state index contributed by atoms with van der Waals surface area (Å²) in [7, 11) is -0.871. The van der Waals surface area contributed by atoms with Gasteiger partial charge in [-0.2, -0.15) is 28.7 Å². The van der Waals surface area contributed by atoms with Crippen LogP contribution in [-0.4, -0.2) is 67.9 Å². The lowest BCUT2D eigenvalue weighted by Crippen LogP contribution is -2.65. The predicted molar refractivity (Wildman–Crippen MR) is 88.1 cm³/mol. The summed E-state index contributed by atoms with van der Waals surface area (Å²) in [5.41, 5.74) is 0. The van der Waals surface area contributed by atoms with Crippen molar-refractivity contribution in [2.45, 2.75) is 41.5 Å². The molecule has 0 spiro atoms. The number of hydrogen-bond acceptors (Lipinski definition) is 6. The van der Waals surface area contributed by atoms with Crippen LogP contribution in [0, 0.1) is 0 Å². The monoisotopic (exact) mass is 320 g/mol. The van der Waals surface area contributed by atoms with Crippen LogP contribution in [0.1, 0.15) is 41.5 Å². The first-order valence-electron chi connectivity index (χ1n) is 7.94. The minimum atomic E-state index is -0.436. The quantitative estimate of drug-likeness (QED) is 0.695. The van der Waals surface area contributed by atoms with Crippen molar-refractivity contribution in [3.8, 4) is 0 Å².